The van der Waals surface area contributed by atoms with Gasteiger partial charge in [-0.05, 0) is 126 Å². The van der Waals surface area contributed by atoms with E-state index in [4.69, 9.17) is 9.68 Å². The molecule has 2 aliphatic heterocycles. The van der Waals surface area contributed by atoms with Crippen molar-refractivity contribution in [3.8, 4) is 0 Å². The summed E-state index contributed by atoms with van der Waals surface area (Å²) >= 11 is 3.64. The van der Waals surface area contributed by atoms with E-state index in [1.54, 1.807) is 10.1 Å². The van der Waals surface area contributed by atoms with E-state index in [0.29, 0.717) is 38.0 Å². The molecule has 0 spiro atoms. The van der Waals surface area contributed by atoms with E-state index in [1.165, 1.54) is 64.1 Å². The number of hydrogen-bond acceptors (Lipinski definition) is 8. The molecule has 2 saturated heterocycles. The first-order valence-electron chi connectivity index (χ1n) is 17.7. The van der Waals surface area contributed by atoms with Gasteiger partial charge in [0.1, 0.15) is 0 Å². The number of aryl methyl sites for hydroxylation is 6. The maximum absolute atomic E-state index is 12.8. The number of benzene rings is 4. The molecule has 2 fully saturated rings. The van der Waals surface area contributed by atoms with E-state index in [1.807, 2.05) is 23.5 Å². The fourth-order valence-corrected chi connectivity index (χ4v) is 9.19. The van der Waals surface area contributed by atoms with Crippen molar-refractivity contribution in [1.82, 2.24) is 10.1 Å². The lowest BCUT2D eigenvalue weighted by atomic mass is 9.89. The molecule has 0 N–H and O–H groups in total. The van der Waals surface area contributed by atoms with E-state index < -0.39 is 11.9 Å². The lowest BCUT2D eigenvalue weighted by Gasteiger charge is -2.32. The summed E-state index contributed by atoms with van der Waals surface area (Å²) in [6.45, 7) is 15.1. The summed E-state index contributed by atoms with van der Waals surface area (Å²) < 4.78 is 0. The molecule has 50 heavy (non-hydrogen) atoms. The van der Waals surface area contributed by atoms with Crippen LogP contribution in [0.2, 0.25) is 0 Å². The average Bonchev–Trinajstić information content (AvgIpc) is 3.09. The summed E-state index contributed by atoms with van der Waals surface area (Å²) in [4.78, 5) is 41.8. The number of carbonyl (C=O) groups excluding carboxylic acids is 2. The Labute approximate surface area is 305 Å². The van der Waals surface area contributed by atoms with Crippen LogP contribution in [-0.4, -0.2) is 48.2 Å². The maximum Gasteiger partial charge on any atom is 0.438 e. The van der Waals surface area contributed by atoms with Crippen molar-refractivity contribution in [3.05, 3.63) is 117 Å². The Morgan fingerprint density at radius 3 is 1.16 bits per heavy atom. The molecular weight excluding hydrogens is 661 g/mol. The summed E-state index contributed by atoms with van der Waals surface area (Å²) in [5.41, 5.74) is 10.2. The van der Waals surface area contributed by atoms with Gasteiger partial charge in [-0.25, -0.2) is 9.59 Å². The third-order valence-electron chi connectivity index (χ3n) is 9.81. The van der Waals surface area contributed by atoms with Crippen LogP contribution in [0.4, 0.5) is 0 Å². The summed E-state index contributed by atoms with van der Waals surface area (Å²) in [6, 6.07) is 26.6. The van der Waals surface area contributed by atoms with Gasteiger partial charge in [0.2, 0.25) is 0 Å². The minimum absolute atomic E-state index is 0.347. The molecule has 4 aromatic carbocycles. The quantitative estimate of drug-likeness (QED) is 0.168. The Balaban J connectivity index is 0.992. The minimum Gasteiger partial charge on any atom is -0.359 e. The Morgan fingerprint density at radius 1 is 0.500 bits per heavy atom. The SMILES string of the molecule is Cc1ccc(Sc2ccc(C)cc2C2CCN(OC(=O)C(=O)ON3CCC(c4cc(C)ccc4Sc4ccc(C)cc4C)CC3)CC2)c(C)c1. The zero-order valence-corrected chi connectivity index (χ0v) is 31.7. The largest absolute Gasteiger partial charge is 0.438 e. The summed E-state index contributed by atoms with van der Waals surface area (Å²) in [7, 11) is 0. The fraction of sp³-hybridized carbons (Fsp3) is 0.381. The van der Waals surface area contributed by atoms with Gasteiger partial charge in [-0.2, -0.15) is 0 Å². The molecule has 6 nitrogen and oxygen atoms in total. The molecular formula is C42H48N2O4S2. The van der Waals surface area contributed by atoms with Crippen molar-refractivity contribution in [2.24, 2.45) is 0 Å². The molecule has 0 radical (unpaired) electrons. The molecule has 0 amide bonds. The van der Waals surface area contributed by atoms with Gasteiger partial charge in [-0.3, -0.25) is 0 Å². The van der Waals surface area contributed by atoms with Crippen molar-refractivity contribution in [2.45, 2.75) is 98.6 Å². The number of rotatable bonds is 8. The van der Waals surface area contributed by atoms with Crippen LogP contribution in [0, 0.1) is 41.5 Å². The van der Waals surface area contributed by atoms with Crippen LogP contribution < -0.4 is 0 Å². The van der Waals surface area contributed by atoms with Crippen LogP contribution in [0.15, 0.2) is 92.4 Å². The number of hydrogen-bond donors (Lipinski definition) is 0. The highest BCUT2D eigenvalue weighted by Crippen LogP contribution is 2.41. The highest BCUT2D eigenvalue weighted by Gasteiger charge is 2.31. The predicted molar refractivity (Wildman–Crippen MR) is 202 cm³/mol. The average molecular weight is 709 g/mol. The minimum atomic E-state index is -0.960. The van der Waals surface area contributed by atoms with E-state index in [-0.39, 0.29) is 0 Å². The Hall–Kier alpha value is -3.56. The third-order valence-corrected chi connectivity index (χ3v) is 12.3. The zero-order chi connectivity index (χ0) is 35.4. The molecule has 0 aromatic heterocycles. The predicted octanol–water partition coefficient (Wildman–Crippen LogP) is 9.81. The Kier molecular flexibility index (Phi) is 11.7. The summed E-state index contributed by atoms with van der Waals surface area (Å²) in [5, 5.41) is 3.23. The second-order valence-corrected chi connectivity index (χ2v) is 16.2. The van der Waals surface area contributed by atoms with Crippen LogP contribution in [0.1, 0.15) is 82.0 Å². The first kappa shape index (κ1) is 36.2. The number of carbonyl (C=O) groups is 2. The van der Waals surface area contributed by atoms with Crippen molar-refractivity contribution >= 4 is 35.5 Å². The first-order chi connectivity index (χ1) is 24.0. The second-order valence-electron chi connectivity index (χ2n) is 14.0. The molecule has 0 atom stereocenters. The molecule has 4 aromatic rings. The summed E-state index contributed by atoms with van der Waals surface area (Å²) in [6.07, 6.45) is 3.34. The first-order valence-corrected chi connectivity index (χ1v) is 19.3. The molecule has 2 heterocycles. The molecule has 6 rings (SSSR count). The highest BCUT2D eigenvalue weighted by molar-refractivity contribution is 7.99. The highest BCUT2D eigenvalue weighted by atomic mass is 32.2. The van der Waals surface area contributed by atoms with E-state index in [9.17, 15) is 9.59 Å². The fourth-order valence-electron chi connectivity index (χ4n) is 7.05. The molecule has 0 aliphatic carbocycles. The summed E-state index contributed by atoms with van der Waals surface area (Å²) in [5.74, 6) is -1.23. The Morgan fingerprint density at radius 2 is 0.820 bits per heavy atom. The monoisotopic (exact) mass is 708 g/mol. The maximum atomic E-state index is 12.8. The van der Waals surface area contributed by atoms with Gasteiger partial charge in [-0.1, -0.05) is 94.3 Å². The third kappa shape index (κ3) is 9.02. The van der Waals surface area contributed by atoms with Gasteiger partial charge in [0.05, 0.1) is 0 Å². The van der Waals surface area contributed by atoms with Gasteiger partial charge in [0.25, 0.3) is 0 Å². The van der Waals surface area contributed by atoms with Crippen LogP contribution in [0.25, 0.3) is 0 Å². The number of hydroxylamine groups is 4. The lowest BCUT2D eigenvalue weighted by Crippen LogP contribution is -2.41. The van der Waals surface area contributed by atoms with Crippen LogP contribution >= 0.6 is 23.5 Å². The van der Waals surface area contributed by atoms with Gasteiger partial charge >= 0.3 is 11.9 Å². The van der Waals surface area contributed by atoms with E-state index in [0.717, 1.165) is 25.7 Å². The van der Waals surface area contributed by atoms with Crippen LogP contribution in [0.3, 0.4) is 0 Å². The van der Waals surface area contributed by atoms with Crippen molar-refractivity contribution in [2.75, 3.05) is 26.2 Å². The second kappa shape index (κ2) is 16.2. The van der Waals surface area contributed by atoms with Gasteiger partial charge < -0.3 is 9.68 Å². The molecule has 0 saturated carbocycles. The number of nitrogens with zero attached hydrogens (tertiary/aromatic N) is 2. The normalized spacial score (nSPS) is 16.4. The Bertz CT molecular complexity index is 1720. The van der Waals surface area contributed by atoms with Crippen molar-refractivity contribution < 1.29 is 19.3 Å². The lowest BCUT2D eigenvalue weighted by molar-refractivity contribution is -0.222. The molecule has 0 bridgehead atoms. The van der Waals surface area contributed by atoms with Crippen molar-refractivity contribution in [1.29, 1.82) is 0 Å². The molecule has 0 unspecified atom stereocenters. The van der Waals surface area contributed by atoms with Gasteiger partial charge in [0, 0.05) is 45.8 Å². The van der Waals surface area contributed by atoms with E-state index in [2.05, 4.69) is 114 Å². The van der Waals surface area contributed by atoms with Gasteiger partial charge in [-0.15, -0.1) is 10.1 Å². The topological polar surface area (TPSA) is 59.1 Å². The standard InChI is InChI=1S/C42H48N2O4S2/c1-27-7-11-37(31(5)23-27)49-39-13-9-29(3)25-35(39)33-15-19-43(20-16-33)47-41(45)42(46)48-44-21-17-34(18-22-44)36-26-30(4)10-14-40(36)50-38-12-8-28(2)24-32(38)6/h7-14,23-26,33-34H,15-22H2,1-6H3. The molecule has 262 valence electrons. The van der Waals surface area contributed by atoms with Gasteiger partial charge in [0.15, 0.2) is 0 Å². The molecule has 2 aliphatic rings. The van der Waals surface area contributed by atoms with Crippen LogP contribution in [-0.2, 0) is 19.3 Å². The smallest absolute Gasteiger partial charge is 0.359 e. The zero-order valence-electron chi connectivity index (χ0n) is 30.1. The molecule has 8 heteroatoms. The number of piperidine rings is 2. The van der Waals surface area contributed by atoms with Crippen molar-refractivity contribution in [3.63, 3.8) is 0 Å². The van der Waals surface area contributed by atoms with E-state index >= 15 is 0 Å². The van der Waals surface area contributed by atoms with Crippen LogP contribution in [0.5, 0.6) is 0 Å².